The van der Waals surface area contributed by atoms with Crippen LogP contribution in [0.2, 0.25) is 0 Å². The Morgan fingerprint density at radius 1 is 1.06 bits per heavy atom. The molecule has 0 fully saturated rings. The zero-order chi connectivity index (χ0) is 23.4. The summed E-state index contributed by atoms with van der Waals surface area (Å²) in [6.07, 6.45) is -2.51. The Morgan fingerprint density at radius 3 is 2.33 bits per heavy atom. The number of fused-ring (bicyclic) bond motifs is 3. The molecule has 1 aliphatic carbocycles. The number of aromatic nitrogens is 1. The summed E-state index contributed by atoms with van der Waals surface area (Å²) in [5.41, 5.74) is 4.24. The molecular weight excluding hydrogens is 430 g/mol. The number of carbonyl (C=O) groups excluding carboxylic acids is 2. The number of hydrogen-bond acceptors (Lipinski definition) is 7. The molecule has 1 aliphatic rings. The summed E-state index contributed by atoms with van der Waals surface area (Å²) >= 11 is 0. The molecule has 0 radical (unpaired) electrons. The zero-order valence-corrected chi connectivity index (χ0v) is 17.4. The SMILES string of the molecule is O=C(O)CC(O)CNC(=O)c1cc(NC(=O)OCC2c3ccccc3-c3ccccc32)on1. The molecule has 0 bridgehead atoms. The molecule has 0 aliphatic heterocycles. The number of carboxylic acids is 1. The average Bonchev–Trinajstić information content (AvgIpc) is 3.38. The number of hydrogen-bond donors (Lipinski definition) is 4. The first-order valence-electron chi connectivity index (χ1n) is 10.2. The van der Waals surface area contributed by atoms with Crippen LogP contribution >= 0.6 is 0 Å². The number of anilines is 1. The van der Waals surface area contributed by atoms with Crippen LogP contribution in [0.5, 0.6) is 0 Å². The quantitative estimate of drug-likeness (QED) is 0.408. The van der Waals surface area contributed by atoms with Gasteiger partial charge in [-0.25, -0.2) is 4.79 Å². The minimum absolute atomic E-state index is 0.0940. The second-order valence-electron chi connectivity index (χ2n) is 7.49. The first-order chi connectivity index (χ1) is 15.9. The molecule has 1 atom stereocenters. The van der Waals surface area contributed by atoms with Gasteiger partial charge in [-0.15, -0.1) is 0 Å². The number of aliphatic hydroxyl groups is 1. The lowest BCUT2D eigenvalue weighted by molar-refractivity contribution is -0.139. The third-order valence-corrected chi connectivity index (χ3v) is 5.22. The van der Waals surface area contributed by atoms with Crippen LogP contribution in [0.25, 0.3) is 11.1 Å². The van der Waals surface area contributed by atoms with Gasteiger partial charge in [0.25, 0.3) is 5.91 Å². The number of aliphatic hydroxyl groups excluding tert-OH is 1. The Bertz CT molecular complexity index is 1140. The number of carbonyl (C=O) groups is 3. The van der Waals surface area contributed by atoms with Crippen molar-refractivity contribution in [1.29, 1.82) is 0 Å². The maximum atomic E-state index is 12.3. The minimum atomic E-state index is -1.24. The summed E-state index contributed by atoms with van der Waals surface area (Å²) < 4.78 is 10.3. The smallest absolute Gasteiger partial charge is 0.414 e. The predicted octanol–water partition coefficient (Wildman–Crippen LogP) is 2.60. The Balaban J connectivity index is 1.32. The van der Waals surface area contributed by atoms with E-state index in [1.54, 1.807) is 0 Å². The van der Waals surface area contributed by atoms with Gasteiger partial charge in [0.1, 0.15) is 6.61 Å². The van der Waals surface area contributed by atoms with E-state index in [1.165, 1.54) is 6.07 Å². The first-order valence-corrected chi connectivity index (χ1v) is 10.2. The van der Waals surface area contributed by atoms with Crippen LogP contribution in [0.3, 0.4) is 0 Å². The second kappa shape index (κ2) is 9.53. The number of amides is 2. The maximum Gasteiger partial charge on any atom is 0.414 e. The molecule has 3 aromatic rings. The summed E-state index contributed by atoms with van der Waals surface area (Å²) in [7, 11) is 0. The summed E-state index contributed by atoms with van der Waals surface area (Å²) in [5.74, 6) is -2.07. The highest BCUT2D eigenvalue weighted by atomic mass is 16.6. The summed E-state index contributed by atoms with van der Waals surface area (Å²) in [6, 6.07) is 17.1. The van der Waals surface area contributed by atoms with Gasteiger partial charge in [0, 0.05) is 18.5 Å². The van der Waals surface area contributed by atoms with E-state index in [9.17, 15) is 19.5 Å². The van der Waals surface area contributed by atoms with E-state index in [4.69, 9.17) is 14.4 Å². The molecule has 1 aromatic heterocycles. The Labute approximate surface area is 188 Å². The molecule has 0 spiro atoms. The molecule has 0 saturated heterocycles. The Morgan fingerprint density at radius 2 is 1.70 bits per heavy atom. The van der Waals surface area contributed by atoms with Gasteiger partial charge in [-0.1, -0.05) is 53.7 Å². The van der Waals surface area contributed by atoms with E-state index >= 15 is 0 Å². The van der Waals surface area contributed by atoms with Crippen molar-refractivity contribution in [2.24, 2.45) is 0 Å². The van der Waals surface area contributed by atoms with Crippen molar-refractivity contribution >= 4 is 23.9 Å². The van der Waals surface area contributed by atoms with Crippen LogP contribution in [0.15, 0.2) is 59.1 Å². The van der Waals surface area contributed by atoms with Crippen LogP contribution in [-0.2, 0) is 9.53 Å². The summed E-state index contributed by atoms with van der Waals surface area (Å²) in [5, 5.41) is 26.4. The molecule has 1 unspecified atom stereocenters. The second-order valence-corrected chi connectivity index (χ2v) is 7.49. The molecule has 33 heavy (non-hydrogen) atoms. The number of carboxylic acid groups (broad SMARTS) is 1. The van der Waals surface area contributed by atoms with E-state index in [-0.39, 0.29) is 30.6 Å². The fraction of sp³-hybridized carbons (Fsp3) is 0.217. The summed E-state index contributed by atoms with van der Waals surface area (Å²) in [6.45, 7) is -0.157. The van der Waals surface area contributed by atoms with Gasteiger partial charge in [0.05, 0.1) is 12.5 Å². The maximum absolute atomic E-state index is 12.3. The average molecular weight is 451 g/mol. The van der Waals surface area contributed by atoms with Crippen molar-refractivity contribution in [2.75, 3.05) is 18.5 Å². The molecule has 1 heterocycles. The van der Waals surface area contributed by atoms with Crippen LogP contribution in [0, 0.1) is 0 Å². The highest BCUT2D eigenvalue weighted by molar-refractivity contribution is 5.93. The van der Waals surface area contributed by atoms with Crippen LogP contribution in [-0.4, -0.2) is 52.6 Å². The van der Waals surface area contributed by atoms with Crippen LogP contribution < -0.4 is 10.6 Å². The standard InChI is InChI=1S/C23H21N3O7/c27-13(9-21(28)29)11-24-22(30)19-10-20(33-26-19)25-23(31)32-12-18-16-7-3-1-5-14(16)15-6-2-4-8-17(15)18/h1-8,10,13,18,27H,9,11-12H2,(H,24,30)(H,25,31)(H,28,29). The van der Waals surface area contributed by atoms with Gasteiger partial charge in [0.15, 0.2) is 5.69 Å². The molecule has 4 N–H and O–H groups in total. The third-order valence-electron chi connectivity index (χ3n) is 5.22. The van der Waals surface area contributed by atoms with Crippen molar-refractivity contribution in [3.8, 4) is 11.1 Å². The van der Waals surface area contributed by atoms with E-state index in [2.05, 4.69) is 15.8 Å². The molecule has 170 valence electrons. The third kappa shape index (κ3) is 5.01. The van der Waals surface area contributed by atoms with Crippen molar-refractivity contribution in [3.63, 3.8) is 0 Å². The highest BCUT2D eigenvalue weighted by Gasteiger charge is 2.29. The fourth-order valence-electron chi connectivity index (χ4n) is 3.75. The van der Waals surface area contributed by atoms with Gasteiger partial charge in [-0.2, -0.15) is 0 Å². The number of nitrogens with zero attached hydrogens (tertiary/aromatic N) is 1. The van der Waals surface area contributed by atoms with Gasteiger partial charge in [0.2, 0.25) is 5.88 Å². The fourth-order valence-corrected chi connectivity index (χ4v) is 3.75. The Kier molecular flexibility index (Phi) is 6.36. The number of nitrogens with one attached hydrogen (secondary N) is 2. The molecule has 4 rings (SSSR count). The molecule has 2 aromatic carbocycles. The first kappa shape index (κ1) is 22.0. The number of rotatable bonds is 8. The summed E-state index contributed by atoms with van der Waals surface area (Å²) in [4.78, 5) is 34.8. The normalized spacial score (nSPS) is 13.0. The lowest BCUT2D eigenvalue weighted by Crippen LogP contribution is -2.33. The number of benzene rings is 2. The van der Waals surface area contributed by atoms with E-state index in [0.717, 1.165) is 22.3 Å². The van der Waals surface area contributed by atoms with Gasteiger partial charge in [-0.3, -0.25) is 14.9 Å². The monoisotopic (exact) mass is 451 g/mol. The minimum Gasteiger partial charge on any atom is -0.481 e. The lowest BCUT2D eigenvalue weighted by atomic mass is 9.98. The topological polar surface area (TPSA) is 151 Å². The Hall–Kier alpha value is -4.18. The van der Waals surface area contributed by atoms with Crippen LogP contribution in [0.4, 0.5) is 10.7 Å². The van der Waals surface area contributed by atoms with Crippen molar-refractivity contribution in [1.82, 2.24) is 10.5 Å². The van der Waals surface area contributed by atoms with E-state index < -0.39 is 30.5 Å². The highest BCUT2D eigenvalue weighted by Crippen LogP contribution is 2.44. The molecule has 0 saturated carbocycles. The lowest BCUT2D eigenvalue weighted by Gasteiger charge is -2.13. The van der Waals surface area contributed by atoms with E-state index in [0.29, 0.717) is 0 Å². The molecular formula is C23H21N3O7. The van der Waals surface area contributed by atoms with Crippen molar-refractivity contribution in [3.05, 3.63) is 71.4 Å². The van der Waals surface area contributed by atoms with Crippen molar-refractivity contribution in [2.45, 2.75) is 18.4 Å². The zero-order valence-electron chi connectivity index (χ0n) is 17.4. The molecule has 2 amide bonds. The predicted molar refractivity (Wildman–Crippen MR) is 116 cm³/mol. The van der Waals surface area contributed by atoms with Gasteiger partial charge in [-0.05, 0) is 22.3 Å². The number of ether oxygens (including phenoxy) is 1. The number of aliphatic carboxylic acids is 1. The molecule has 10 heteroatoms. The molecule has 10 nitrogen and oxygen atoms in total. The van der Waals surface area contributed by atoms with Gasteiger partial charge < -0.3 is 24.8 Å². The van der Waals surface area contributed by atoms with Crippen LogP contribution in [0.1, 0.15) is 34.0 Å². The van der Waals surface area contributed by atoms with E-state index in [1.807, 2.05) is 48.5 Å². The van der Waals surface area contributed by atoms with Gasteiger partial charge >= 0.3 is 12.1 Å². The largest absolute Gasteiger partial charge is 0.481 e. The van der Waals surface area contributed by atoms with Crippen molar-refractivity contribution < 1.29 is 33.9 Å².